The van der Waals surface area contributed by atoms with E-state index in [1.165, 1.54) is 0 Å². The number of carbonyl (C=O) groups is 1. The molecule has 0 spiro atoms. The fourth-order valence-electron chi connectivity index (χ4n) is 5.75. The molecule has 1 aromatic heterocycles. The molecule has 1 heterocycles. The van der Waals surface area contributed by atoms with Gasteiger partial charge in [-0.15, -0.1) is 0 Å². The number of aromatic amines is 1. The van der Waals surface area contributed by atoms with Crippen molar-refractivity contribution in [2.75, 3.05) is 32.7 Å². The number of phenols is 1. The molecule has 7 nitrogen and oxygen atoms in total. The van der Waals surface area contributed by atoms with Crippen molar-refractivity contribution in [3.8, 4) is 5.75 Å². The zero-order chi connectivity index (χ0) is 28.0. The lowest BCUT2D eigenvalue weighted by Crippen LogP contribution is -2.61. The first-order valence-electron chi connectivity index (χ1n) is 13.4. The molecule has 1 amide bonds. The summed E-state index contributed by atoms with van der Waals surface area (Å²) in [7, 11) is 0. The largest absolute Gasteiger partial charge is 0.506 e. The van der Waals surface area contributed by atoms with E-state index in [1.54, 1.807) is 6.07 Å². The molecular weight excluding hydrogens is 546 g/mol. The van der Waals surface area contributed by atoms with Crippen molar-refractivity contribution >= 4 is 39.1 Å². The molecule has 5 N–H and O–H groups in total. The zero-order valence-electron chi connectivity index (χ0n) is 21.9. The van der Waals surface area contributed by atoms with E-state index in [0.717, 1.165) is 27.2 Å². The Labute approximate surface area is 235 Å². The molecule has 2 aromatic carbocycles. The van der Waals surface area contributed by atoms with Crippen LogP contribution >= 0.6 is 22.9 Å². The molecule has 0 saturated heterocycles. The van der Waals surface area contributed by atoms with Crippen molar-refractivity contribution in [3.05, 3.63) is 62.2 Å². The normalized spacial score (nSPS) is 17.3. The van der Waals surface area contributed by atoms with Crippen LogP contribution in [0.2, 0.25) is 5.02 Å². The highest BCUT2D eigenvalue weighted by molar-refractivity contribution is 7.16. The van der Waals surface area contributed by atoms with Gasteiger partial charge in [-0.3, -0.25) is 9.59 Å². The summed E-state index contributed by atoms with van der Waals surface area (Å²) in [4.78, 5) is 26.1. The maximum atomic E-state index is 14.1. The van der Waals surface area contributed by atoms with E-state index in [-0.39, 0.29) is 35.9 Å². The Kier molecular flexibility index (Phi) is 9.64. The van der Waals surface area contributed by atoms with Crippen LogP contribution in [0, 0.1) is 0 Å². The molecule has 0 aliphatic heterocycles. The second-order valence-corrected chi connectivity index (χ2v) is 11.9. The maximum Gasteiger partial charge on any atom is 0.305 e. The number of benzene rings is 2. The molecule has 39 heavy (non-hydrogen) atoms. The van der Waals surface area contributed by atoms with Gasteiger partial charge in [0.2, 0.25) is 11.8 Å². The van der Waals surface area contributed by atoms with Crippen LogP contribution in [-0.4, -0.2) is 65.2 Å². The van der Waals surface area contributed by atoms with Gasteiger partial charge in [0.25, 0.3) is 0 Å². The number of nitrogens with two attached hydrogens (primary N) is 1. The predicted octanol–water partition coefficient (Wildman–Crippen LogP) is 4.59. The zero-order valence-corrected chi connectivity index (χ0v) is 23.4. The van der Waals surface area contributed by atoms with E-state index in [4.69, 9.17) is 17.3 Å². The van der Waals surface area contributed by atoms with Gasteiger partial charge in [0, 0.05) is 43.7 Å². The summed E-state index contributed by atoms with van der Waals surface area (Å²) < 4.78 is 29.4. The van der Waals surface area contributed by atoms with Crippen LogP contribution in [-0.2, 0) is 17.6 Å². The SMILES string of the molecule is NC(=O)CC[N+](CCNCCc1ccc(O)c2[nH]c(=O)sc12)(CCc1ccccc1Cl)C1CCC(F)(F)CC1. The van der Waals surface area contributed by atoms with Crippen molar-refractivity contribution in [2.24, 2.45) is 5.73 Å². The first-order valence-corrected chi connectivity index (χ1v) is 14.6. The van der Waals surface area contributed by atoms with E-state index >= 15 is 0 Å². The number of alkyl halides is 2. The molecular formula is C28H36ClF2N4O3S+. The number of thiazole rings is 1. The number of quaternary nitrogens is 1. The van der Waals surface area contributed by atoms with Crippen LogP contribution in [0.15, 0.2) is 41.2 Å². The second-order valence-electron chi connectivity index (χ2n) is 10.5. The number of halogens is 3. The third-order valence-electron chi connectivity index (χ3n) is 7.99. The summed E-state index contributed by atoms with van der Waals surface area (Å²) in [5, 5.41) is 14.2. The molecule has 1 atom stereocenters. The smallest absolute Gasteiger partial charge is 0.305 e. The Bertz CT molecular complexity index is 1340. The van der Waals surface area contributed by atoms with Gasteiger partial charge in [0.1, 0.15) is 11.3 Å². The Morgan fingerprint density at radius 3 is 2.56 bits per heavy atom. The van der Waals surface area contributed by atoms with Gasteiger partial charge >= 0.3 is 4.87 Å². The summed E-state index contributed by atoms with van der Waals surface area (Å²) in [6.45, 7) is 3.09. The average Bonchev–Trinajstić information content (AvgIpc) is 3.30. The quantitative estimate of drug-likeness (QED) is 0.175. The minimum Gasteiger partial charge on any atom is -0.506 e. The Hall–Kier alpha value is -2.53. The van der Waals surface area contributed by atoms with E-state index in [9.17, 15) is 23.5 Å². The molecule has 0 bridgehead atoms. The van der Waals surface area contributed by atoms with Crippen LogP contribution in [0.25, 0.3) is 10.2 Å². The monoisotopic (exact) mass is 581 g/mol. The fourth-order valence-corrected chi connectivity index (χ4v) is 6.88. The highest BCUT2D eigenvalue weighted by Gasteiger charge is 2.44. The summed E-state index contributed by atoms with van der Waals surface area (Å²) >= 11 is 7.51. The lowest BCUT2D eigenvalue weighted by atomic mass is 9.88. The number of fused-ring (bicyclic) bond motifs is 1. The number of hydrogen-bond acceptors (Lipinski definition) is 5. The topological polar surface area (TPSA) is 108 Å². The fraction of sp³-hybridized carbons (Fsp3) is 0.500. The molecule has 1 aliphatic carbocycles. The Balaban J connectivity index is 1.47. The lowest BCUT2D eigenvalue weighted by Gasteiger charge is -2.47. The van der Waals surface area contributed by atoms with Crippen molar-refractivity contribution in [2.45, 2.75) is 56.9 Å². The van der Waals surface area contributed by atoms with E-state index in [2.05, 4.69) is 10.3 Å². The van der Waals surface area contributed by atoms with E-state index < -0.39 is 11.8 Å². The lowest BCUT2D eigenvalue weighted by molar-refractivity contribution is -0.951. The Morgan fingerprint density at radius 1 is 1.10 bits per heavy atom. The van der Waals surface area contributed by atoms with E-state index in [0.29, 0.717) is 73.4 Å². The minimum absolute atomic E-state index is 0.00196. The molecule has 0 radical (unpaired) electrons. The summed E-state index contributed by atoms with van der Waals surface area (Å²) in [6.07, 6.45) is 2.00. The number of nitrogens with one attached hydrogen (secondary N) is 2. The van der Waals surface area contributed by atoms with Crippen LogP contribution in [0.4, 0.5) is 8.78 Å². The molecule has 4 rings (SSSR count). The molecule has 1 fully saturated rings. The van der Waals surface area contributed by atoms with Crippen molar-refractivity contribution in [1.29, 1.82) is 0 Å². The standard InChI is InChI=1S/C28H35ClF2N4O3S/c29-22-4-2-1-3-19(22)10-16-35(17-11-24(32)37,21-7-12-28(30,31)13-8-21)18-15-33-14-9-20-5-6-23(36)25-26(20)39-27(38)34-25/h1-6,21,33H,7-18H2,(H3-,32,34,36,37,38)/p+1. The second kappa shape index (κ2) is 12.8. The molecule has 11 heteroatoms. The summed E-state index contributed by atoms with van der Waals surface area (Å²) in [5.74, 6) is -2.99. The third kappa shape index (κ3) is 7.57. The number of rotatable bonds is 13. The molecule has 1 unspecified atom stereocenters. The van der Waals surface area contributed by atoms with Crippen molar-refractivity contribution in [3.63, 3.8) is 0 Å². The van der Waals surface area contributed by atoms with Crippen LogP contribution in [0.1, 0.15) is 43.2 Å². The first kappa shape index (κ1) is 29.5. The van der Waals surface area contributed by atoms with E-state index in [1.807, 2.05) is 30.3 Å². The highest BCUT2D eigenvalue weighted by atomic mass is 35.5. The van der Waals surface area contributed by atoms with Gasteiger partial charge in [0.15, 0.2) is 0 Å². The summed E-state index contributed by atoms with van der Waals surface area (Å²) in [5.41, 5.74) is 7.97. The molecule has 1 aliphatic rings. The maximum absolute atomic E-state index is 14.1. The highest BCUT2D eigenvalue weighted by Crippen LogP contribution is 2.38. The molecule has 3 aromatic rings. The van der Waals surface area contributed by atoms with Gasteiger partial charge in [-0.25, -0.2) is 8.78 Å². The number of hydrogen-bond donors (Lipinski definition) is 4. The number of primary amides is 1. The van der Waals surface area contributed by atoms with Gasteiger partial charge in [0.05, 0.1) is 36.8 Å². The number of amides is 1. The number of nitrogens with zero attached hydrogens (tertiary/aromatic N) is 1. The average molecular weight is 582 g/mol. The molecule has 1 saturated carbocycles. The van der Waals surface area contributed by atoms with Gasteiger partial charge in [-0.05, 0) is 36.2 Å². The van der Waals surface area contributed by atoms with Crippen LogP contribution in [0.3, 0.4) is 0 Å². The Morgan fingerprint density at radius 2 is 1.85 bits per heavy atom. The van der Waals surface area contributed by atoms with Crippen LogP contribution in [0.5, 0.6) is 5.75 Å². The number of aromatic nitrogens is 1. The number of carbonyl (C=O) groups excluding carboxylic acids is 1. The predicted molar refractivity (Wildman–Crippen MR) is 152 cm³/mol. The first-order chi connectivity index (χ1) is 18.6. The molecule has 212 valence electrons. The summed E-state index contributed by atoms with van der Waals surface area (Å²) in [6, 6.07) is 11.0. The number of phenolic OH excluding ortho intramolecular Hbond substituents is 1. The minimum atomic E-state index is -2.64. The van der Waals surface area contributed by atoms with Gasteiger partial charge in [-0.1, -0.05) is 47.2 Å². The van der Waals surface area contributed by atoms with Crippen molar-refractivity contribution in [1.82, 2.24) is 10.3 Å². The van der Waals surface area contributed by atoms with Crippen LogP contribution < -0.4 is 15.9 Å². The third-order valence-corrected chi connectivity index (χ3v) is 9.32. The number of H-pyrrole nitrogens is 1. The van der Waals surface area contributed by atoms with Crippen molar-refractivity contribution < 1.29 is 23.2 Å². The van der Waals surface area contributed by atoms with Gasteiger partial charge < -0.3 is 25.6 Å². The van der Waals surface area contributed by atoms with Gasteiger partial charge in [-0.2, -0.15) is 0 Å². The number of aromatic hydroxyl groups is 1.